The quantitative estimate of drug-likeness (QED) is 0.407. The van der Waals surface area contributed by atoms with E-state index in [2.05, 4.69) is 10.5 Å². The van der Waals surface area contributed by atoms with Crippen molar-refractivity contribution >= 4 is 23.7 Å². The molecule has 3 rings (SSSR count). The molecule has 5 nitrogen and oxygen atoms in total. The molecule has 0 spiro atoms. The third kappa shape index (κ3) is 6.09. The predicted molar refractivity (Wildman–Crippen MR) is 119 cm³/mol. The molecule has 3 aromatic carbocycles. The first-order valence-corrected chi connectivity index (χ1v) is 9.88. The Bertz CT molecular complexity index is 1030. The highest BCUT2D eigenvalue weighted by molar-refractivity contribution is 6.31. The fourth-order valence-corrected chi connectivity index (χ4v) is 2.85. The number of rotatable bonds is 8. The molecule has 0 aliphatic carbocycles. The summed E-state index contributed by atoms with van der Waals surface area (Å²) in [7, 11) is 0. The van der Waals surface area contributed by atoms with Gasteiger partial charge in [-0.05, 0) is 66.9 Å². The molecule has 30 heavy (non-hydrogen) atoms. The highest BCUT2D eigenvalue weighted by Crippen LogP contribution is 2.20. The van der Waals surface area contributed by atoms with Crippen molar-refractivity contribution in [2.24, 2.45) is 5.10 Å². The molecule has 0 saturated carbocycles. The van der Waals surface area contributed by atoms with Gasteiger partial charge in [-0.3, -0.25) is 4.79 Å². The number of aryl methyl sites for hydroxylation is 1. The van der Waals surface area contributed by atoms with Crippen molar-refractivity contribution in [3.8, 4) is 11.5 Å². The lowest BCUT2D eigenvalue weighted by Crippen LogP contribution is -2.24. The predicted octanol–water partition coefficient (Wildman–Crippen LogP) is 5.06. The second-order valence-corrected chi connectivity index (χ2v) is 7.14. The number of halogens is 1. The Morgan fingerprint density at radius 3 is 2.53 bits per heavy atom. The number of hydrogen-bond donors (Lipinski definition) is 1. The summed E-state index contributed by atoms with van der Waals surface area (Å²) < 4.78 is 11.3. The van der Waals surface area contributed by atoms with Gasteiger partial charge in [-0.1, -0.05) is 41.9 Å². The van der Waals surface area contributed by atoms with E-state index in [0.717, 1.165) is 28.0 Å². The molecule has 0 atom stereocenters. The van der Waals surface area contributed by atoms with Gasteiger partial charge < -0.3 is 9.47 Å². The van der Waals surface area contributed by atoms with Gasteiger partial charge in [0.25, 0.3) is 5.91 Å². The largest absolute Gasteiger partial charge is 0.489 e. The average molecular weight is 423 g/mol. The minimum Gasteiger partial charge on any atom is -0.489 e. The van der Waals surface area contributed by atoms with E-state index in [4.69, 9.17) is 21.1 Å². The molecule has 0 radical (unpaired) electrons. The van der Waals surface area contributed by atoms with Gasteiger partial charge >= 0.3 is 0 Å². The Hall–Kier alpha value is -3.31. The van der Waals surface area contributed by atoms with Crippen LogP contribution >= 0.6 is 11.6 Å². The maximum atomic E-state index is 11.9. The number of nitrogens with one attached hydrogen (secondary N) is 1. The van der Waals surface area contributed by atoms with Crippen molar-refractivity contribution in [1.82, 2.24) is 5.43 Å². The van der Waals surface area contributed by atoms with Gasteiger partial charge in [0, 0.05) is 10.6 Å². The summed E-state index contributed by atoms with van der Waals surface area (Å²) in [5.74, 6) is 1.09. The van der Waals surface area contributed by atoms with E-state index in [1.807, 2.05) is 80.6 Å². The van der Waals surface area contributed by atoms with Crippen LogP contribution in [0.1, 0.15) is 22.3 Å². The van der Waals surface area contributed by atoms with Crippen molar-refractivity contribution < 1.29 is 14.3 Å². The minimum absolute atomic E-state index is 0.101. The molecule has 0 aromatic heterocycles. The Labute approximate surface area is 181 Å². The van der Waals surface area contributed by atoms with Crippen LogP contribution in [-0.4, -0.2) is 18.7 Å². The van der Waals surface area contributed by atoms with Crippen molar-refractivity contribution in [3.63, 3.8) is 0 Å². The highest BCUT2D eigenvalue weighted by atomic mass is 35.5. The lowest BCUT2D eigenvalue weighted by Gasteiger charge is -2.09. The topological polar surface area (TPSA) is 59.9 Å². The maximum Gasteiger partial charge on any atom is 0.277 e. The first-order chi connectivity index (χ1) is 14.5. The zero-order valence-electron chi connectivity index (χ0n) is 16.9. The van der Waals surface area contributed by atoms with E-state index in [1.54, 1.807) is 6.21 Å². The fourth-order valence-electron chi connectivity index (χ4n) is 2.66. The van der Waals surface area contributed by atoms with Gasteiger partial charge in [-0.25, -0.2) is 5.43 Å². The summed E-state index contributed by atoms with van der Waals surface area (Å²) in [6.45, 7) is 4.25. The second kappa shape index (κ2) is 10.5. The fraction of sp³-hybridized carbons (Fsp3) is 0.167. The van der Waals surface area contributed by atoms with Crippen LogP contribution in [0.5, 0.6) is 11.5 Å². The summed E-state index contributed by atoms with van der Waals surface area (Å²) in [5.41, 5.74) is 6.35. The molecule has 0 saturated heterocycles. The third-order valence-corrected chi connectivity index (χ3v) is 4.92. The van der Waals surface area contributed by atoms with Crippen LogP contribution in [0.3, 0.4) is 0 Å². The maximum absolute atomic E-state index is 11.9. The van der Waals surface area contributed by atoms with Gasteiger partial charge in [0.15, 0.2) is 6.61 Å². The molecule has 0 heterocycles. The third-order valence-electron chi connectivity index (χ3n) is 4.55. The summed E-state index contributed by atoms with van der Waals surface area (Å²) >= 11 is 6.13. The van der Waals surface area contributed by atoms with Gasteiger partial charge in [0.05, 0.1) is 6.21 Å². The Morgan fingerprint density at radius 2 is 1.77 bits per heavy atom. The summed E-state index contributed by atoms with van der Waals surface area (Å²) in [4.78, 5) is 11.9. The first-order valence-electron chi connectivity index (χ1n) is 9.50. The van der Waals surface area contributed by atoms with Crippen LogP contribution in [0.15, 0.2) is 71.8 Å². The van der Waals surface area contributed by atoms with Crippen LogP contribution in [0, 0.1) is 13.8 Å². The average Bonchev–Trinajstić information content (AvgIpc) is 2.75. The number of nitrogens with zero attached hydrogens (tertiary/aromatic N) is 1. The number of hydrazone groups is 1. The zero-order chi connectivity index (χ0) is 21.3. The second-order valence-electron chi connectivity index (χ2n) is 6.73. The van der Waals surface area contributed by atoms with Crippen molar-refractivity contribution in [2.75, 3.05) is 6.61 Å². The standard InChI is InChI=1S/C24H23ClN2O3/c1-17-6-5-9-23(18(17)2)30-16-24(28)27-26-14-19-10-12-21(13-11-19)29-15-20-7-3-4-8-22(20)25/h3-14H,15-16H2,1-2H3,(H,27,28)/b26-14-. The molecule has 1 amide bonds. The number of hydrogen-bond acceptors (Lipinski definition) is 4. The minimum atomic E-state index is -0.327. The number of benzene rings is 3. The SMILES string of the molecule is Cc1cccc(OCC(=O)N/N=C\c2ccc(OCc3ccccc3Cl)cc2)c1C. The van der Waals surface area contributed by atoms with Crippen LogP contribution in [0.4, 0.5) is 0 Å². The molecule has 0 aliphatic rings. The number of amides is 1. The normalized spacial score (nSPS) is 10.8. The van der Waals surface area contributed by atoms with Crippen molar-refractivity contribution in [1.29, 1.82) is 0 Å². The molecule has 0 bridgehead atoms. The van der Waals surface area contributed by atoms with E-state index < -0.39 is 0 Å². The van der Waals surface area contributed by atoms with Gasteiger partial charge in [-0.15, -0.1) is 0 Å². The lowest BCUT2D eigenvalue weighted by molar-refractivity contribution is -0.123. The molecule has 1 N–H and O–H groups in total. The van der Waals surface area contributed by atoms with E-state index in [0.29, 0.717) is 17.4 Å². The molecular formula is C24H23ClN2O3. The van der Waals surface area contributed by atoms with Crippen LogP contribution in [0.2, 0.25) is 5.02 Å². The summed E-state index contributed by atoms with van der Waals surface area (Å²) in [6, 6.07) is 20.7. The van der Waals surface area contributed by atoms with E-state index in [-0.39, 0.29) is 12.5 Å². The van der Waals surface area contributed by atoms with Crippen LogP contribution < -0.4 is 14.9 Å². The molecule has 0 aliphatic heterocycles. The Kier molecular flexibility index (Phi) is 7.46. The van der Waals surface area contributed by atoms with E-state index in [1.165, 1.54) is 0 Å². The van der Waals surface area contributed by atoms with Crippen LogP contribution in [0.25, 0.3) is 0 Å². The van der Waals surface area contributed by atoms with Gasteiger partial charge in [0.2, 0.25) is 0 Å². The smallest absolute Gasteiger partial charge is 0.277 e. The summed E-state index contributed by atoms with van der Waals surface area (Å²) in [5, 5.41) is 4.65. The zero-order valence-corrected chi connectivity index (χ0v) is 17.6. The number of ether oxygens (including phenoxy) is 2. The molecule has 3 aromatic rings. The lowest BCUT2D eigenvalue weighted by atomic mass is 10.1. The Morgan fingerprint density at radius 1 is 1.00 bits per heavy atom. The van der Waals surface area contributed by atoms with E-state index in [9.17, 15) is 4.79 Å². The monoisotopic (exact) mass is 422 g/mol. The Balaban J connectivity index is 1.45. The highest BCUT2D eigenvalue weighted by Gasteiger charge is 2.05. The molecule has 6 heteroatoms. The van der Waals surface area contributed by atoms with Gasteiger partial charge in [-0.2, -0.15) is 5.10 Å². The van der Waals surface area contributed by atoms with Crippen molar-refractivity contribution in [3.05, 3.63) is 94.0 Å². The first kappa shape index (κ1) is 21.4. The molecule has 154 valence electrons. The summed E-state index contributed by atoms with van der Waals surface area (Å²) in [6.07, 6.45) is 1.56. The number of carbonyl (C=O) groups is 1. The van der Waals surface area contributed by atoms with E-state index >= 15 is 0 Å². The number of carbonyl (C=O) groups excluding carboxylic acids is 1. The molecule has 0 fully saturated rings. The van der Waals surface area contributed by atoms with Gasteiger partial charge in [0.1, 0.15) is 18.1 Å². The van der Waals surface area contributed by atoms with Crippen molar-refractivity contribution in [2.45, 2.75) is 20.5 Å². The molecule has 0 unspecified atom stereocenters. The molecular weight excluding hydrogens is 400 g/mol. The van der Waals surface area contributed by atoms with Crippen LogP contribution in [-0.2, 0) is 11.4 Å².